The van der Waals surface area contributed by atoms with Crippen LogP contribution in [-0.4, -0.2) is 71.1 Å². The molecule has 3 atom stereocenters. The Morgan fingerprint density at radius 1 is 1.28 bits per heavy atom. The third kappa shape index (κ3) is 4.44. The first-order chi connectivity index (χ1) is 17.3. The Morgan fingerprint density at radius 3 is 2.61 bits per heavy atom. The van der Waals surface area contributed by atoms with Crippen molar-refractivity contribution >= 4 is 38.2 Å². The van der Waals surface area contributed by atoms with Gasteiger partial charge in [0.25, 0.3) is 0 Å². The summed E-state index contributed by atoms with van der Waals surface area (Å²) in [5, 5.41) is 33.6. The summed E-state index contributed by atoms with van der Waals surface area (Å²) in [5.74, 6) is -0.374. The zero-order valence-electron chi connectivity index (χ0n) is 20.2. The molecule has 1 saturated heterocycles. The molecule has 0 spiro atoms. The maximum absolute atomic E-state index is 12.2. The summed E-state index contributed by atoms with van der Waals surface area (Å²) in [7, 11) is 1.61. The minimum absolute atomic E-state index is 0.0256. The molecule has 3 N–H and O–H groups in total. The number of carbonyl (C=O) groups is 1. The van der Waals surface area contributed by atoms with Crippen LogP contribution in [0.4, 0.5) is 5.00 Å². The number of thiophene rings is 1. The standard InChI is InChI=1S/C25H31BrN2O7S/c1-14-19-21(29)28(25(9-10-25)23(30)31)24(32)27(22(19)36-20(14)26)13-18(35-15-7-11-34-12-8-15)16-5-3-4-6-17(16)33-2/h3-6,15,18,21,24,29,32H,7-13H2,1-2H3,(H,30,31). The van der Waals surface area contributed by atoms with E-state index in [4.69, 9.17) is 14.2 Å². The van der Waals surface area contributed by atoms with E-state index in [9.17, 15) is 20.1 Å². The number of benzene rings is 1. The molecule has 0 amide bonds. The third-order valence-corrected chi connectivity index (χ3v) is 9.63. The van der Waals surface area contributed by atoms with E-state index in [0.29, 0.717) is 42.4 Å². The van der Waals surface area contributed by atoms with Crippen molar-refractivity contribution in [2.75, 3.05) is 31.8 Å². The van der Waals surface area contributed by atoms with Crippen LogP contribution in [0.15, 0.2) is 28.1 Å². The molecule has 1 aliphatic carbocycles. The topological polar surface area (TPSA) is 112 Å². The minimum atomic E-state index is -1.36. The number of rotatable bonds is 8. The maximum Gasteiger partial charge on any atom is 0.324 e. The number of ether oxygens (including phenoxy) is 3. The summed E-state index contributed by atoms with van der Waals surface area (Å²) >= 11 is 4.99. The smallest absolute Gasteiger partial charge is 0.324 e. The minimum Gasteiger partial charge on any atom is -0.496 e. The van der Waals surface area contributed by atoms with Crippen LogP contribution in [0.3, 0.4) is 0 Å². The predicted octanol–water partition coefficient (Wildman–Crippen LogP) is 3.77. The van der Waals surface area contributed by atoms with Gasteiger partial charge in [-0.15, -0.1) is 11.3 Å². The molecule has 2 aliphatic heterocycles. The number of halogens is 1. The molecule has 3 heterocycles. The molecule has 11 heteroatoms. The lowest BCUT2D eigenvalue weighted by molar-refractivity contribution is -0.176. The van der Waals surface area contributed by atoms with Gasteiger partial charge in [-0.2, -0.15) is 0 Å². The lowest BCUT2D eigenvalue weighted by Gasteiger charge is -2.47. The Kier molecular flexibility index (Phi) is 7.34. The average molecular weight is 584 g/mol. The van der Waals surface area contributed by atoms with Crippen LogP contribution < -0.4 is 9.64 Å². The van der Waals surface area contributed by atoms with Gasteiger partial charge in [-0.25, -0.2) is 4.90 Å². The molecular weight excluding hydrogens is 552 g/mol. The number of aliphatic hydroxyl groups is 2. The molecule has 1 saturated carbocycles. The maximum atomic E-state index is 12.2. The fourth-order valence-corrected chi connectivity index (χ4v) is 6.98. The van der Waals surface area contributed by atoms with Gasteiger partial charge < -0.3 is 34.4 Å². The molecule has 1 aromatic carbocycles. The fraction of sp³-hybridized carbons (Fsp3) is 0.560. The van der Waals surface area contributed by atoms with Crippen LogP contribution in [0, 0.1) is 6.92 Å². The molecule has 1 aromatic heterocycles. The normalized spacial score (nSPS) is 24.9. The van der Waals surface area contributed by atoms with E-state index in [2.05, 4.69) is 15.9 Å². The number of aliphatic hydroxyl groups excluding tert-OH is 2. The lowest BCUT2D eigenvalue weighted by Crippen LogP contribution is -2.61. The van der Waals surface area contributed by atoms with Crippen molar-refractivity contribution in [2.45, 2.75) is 62.9 Å². The van der Waals surface area contributed by atoms with Gasteiger partial charge in [0, 0.05) is 24.3 Å². The number of nitrogens with zero attached hydrogens (tertiary/aromatic N) is 2. The van der Waals surface area contributed by atoms with Gasteiger partial charge in [0.05, 0.1) is 23.5 Å². The molecule has 2 aromatic rings. The van der Waals surface area contributed by atoms with Gasteiger partial charge in [0.2, 0.25) is 0 Å². The van der Waals surface area contributed by atoms with E-state index in [-0.39, 0.29) is 12.6 Å². The van der Waals surface area contributed by atoms with Crippen LogP contribution in [0.5, 0.6) is 5.75 Å². The molecule has 3 aliphatic rings. The molecule has 36 heavy (non-hydrogen) atoms. The van der Waals surface area contributed by atoms with Gasteiger partial charge in [-0.1, -0.05) is 18.2 Å². The van der Waals surface area contributed by atoms with Crippen molar-refractivity contribution in [3.63, 3.8) is 0 Å². The van der Waals surface area contributed by atoms with Gasteiger partial charge in [-0.05, 0) is 60.2 Å². The summed E-state index contributed by atoms with van der Waals surface area (Å²) in [6.45, 7) is 3.36. The van der Waals surface area contributed by atoms with Crippen LogP contribution in [0.25, 0.3) is 0 Å². The van der Waals surface area contributed by atoms with E-state index in [1.165, 1.54) is 16.2 Å². The van der Waals surface area contributed by atoms with Crippen molar-refractivity contribution in [2.24, 2.45) is 0 Å². The molecular formula is C25H31BrN2O7S. The number of hydrogen-bond donors (Lipinski definition) is 3. The fourth-order valence-electron chi connectivity index (χ4n) is 5.22. The zero-order valence-corrected chi connectivity index (χ0v) is 22.6. The molecule has 2 fully saturated rings. The van der Waals surface area contributed by atoms with Crippen LogP contribution in [-0.2, 0) is 14.3 Å². The lowest BCUT2D eigenvalue weighted by atomic mass is 10.0. The Bertz CT molecular complexity index is 1120. The average Bonchev–Trinajstić information content (AvgIpc) is 3.62. The highest BCUT2D eigenvalue weighted by Gasteiger charge is 2.62. The van der Waals surface area contributed by atoms with Crippen molar-refractivity contribution in [3.05, 3.63) is 44.7 Å². The summed E-state index contributed by atoms with van der Waals surface area (Å²) in [4.78, 5) is 15.3. The highest BCUT2D eigenvalue weighted by Crippen LogP contribution is 2.55. The van der Waals surface area contributed by atoms with E-state index in [1.54, 1.807) is 12.0 Å². The second kappa shape index (κ2) is 10.2. The molecule has 0 bridgehead atoms. The van der Waals surface area contributed by atoms with E-state index in [1.807, 2.05) is 31.2 Å². The van der Waals surface area contributed by atoms with Gasteiger partial charge in [0.1, 0.15) is 28.6 Å². The number of fused-ring (bicyclic) bond motifs is 1. The summed E-state index contributed by atoms with van der Waals surface area (Å²) in [6.07, 6.45) is -0.865. The number of aliphatic carboxylic acids is 1. The van der Waals surface area contributed by atoms with E-state index < -0.39 is 30.2 Å². The largest absolute Gasteiger partial charge is 0.496 e. The quantitative estimate of drug-likeness (QED) is 0.428. The SMILES string of the molecule is COc1ccccc1C(CN1c2sc(Br)c(C)c2C(O)N(C2(C(=O)O)CC2)C1O)OC1CCOCC1. The summed E-state index contributed by atoms with van der Waals surface area (Å²) < 4.78 is 18.6. The Labute approximate surface area is 222 Å². The number of methoxy groups -OCH3 is 1. The number of anilines is 1. The van der Waals surface area contributed by atoms with Crippen molar-refractivity contribution in [1.29, 1.82) is 0 Å². The first kappa shape index (κ1) is 25.9. The molecule has 0 radical (unpaired) electrons. The Balaban J connectivity index is 1.56. The van der Waals surface area contributed by atoms with Crippen LogP contribution >= 0.6 is 27.3 Å². The van der Waals surface area contributed by atoms with Crippen LogP contribution in [0.1, 0.15) is 54.7 Å². The second-order valence-corrected chi connectivity index (χ2v) is 11.8. The predicted molar refractivity (Wildman–Crippen MR) is 137 cm³/mol. The summed E-state index contributed by atoms with van der Waals surface area (Å²) in [6, 6.07) is 7.63. The molecule has 3 unspecified atom stereocenters. The Morgan fingerprint density at radius 2 is 1.97 bits per heavy atom. The van der Waals surface area contributed by atoms with Crippen molar-refractivity contribution in [3.8, 4) is 5.75 Å². The number of carboxylic acids is 1. The molecule has 196 valence electrons. The number of para-hydroxylation sites is 1. The summed E-state index contributed by atoms with van der Waals surface area (Å²) in [5.41, 5.74) is 0.959. The van der Waals surface area contributed by atoms with Crippen LogP contribution in [0.2, 0.25) is 0 Å². The number of hydrogen-bond acceptors (Lipinski definition) is 9. The van der Waals surface area contributed by atoms with Crippen molar-refractivity contribution < 1.29 is 34.3 Å². The first-order valence-electron chi connectivity index (χ1n) is 12.1. The number of carboxylic acid groups (broad SMARTS) is 1. The van der Waals surface area contributed by atoms with Gasteiger partial charge >= 0.3 is 5.97 Å². The molecule has 9 nitrogen and oxygen atoms in total. The van der Waals surface area contributed by atoms with Gasteiger partial charge in [0.15, 0.2) is 6.35 Å². The Hall–Kier alpha value is -1.73. The van der Waals surface area contributed by atoms with Gasteiger partial charge in [-0.3, -0.25) is 4.79 Å². The second-order valence-electron chi connectivity index (χ2n) is 9.51. The monoisotopic (exact) mass is 582 g/mol. The molecule has 5 rings (SSSR count). The van der Waals surface area contributed by atoms with E-state index in [0.717, 1.165) is 27.8 Å². The first-order valence-corrected chi connectivity index (χ1v) is 13.7. The van der Waals surface area contributed by atoms with E-state index >= 15 is 0 Å². The highest BCUT2D eigenvalue weighted by molar-refractivity contribution is 9.11. The third-order valence-electron chi connectivity index (χ3n) is 7.41. The zero-order chi connectivity index (χ0) is 25.6. The highest BCUT2D eigenvalue weighted by atomic mass is 79.9. The van der Waals surface area contributed by atoms with Crippen molar-refractivity contribution in [1.82, 2.24) is 4.90 Å².